The lowest BCUT2D eigenvalue weighted by atomic mass is 9.87. The van der Waals surface area contributed by atoms with Gasteiger partial charge < -0.3 is 16.2 Å². The first-order valence-corrected chi connectivity index (χ1v) is 5.84. The zero-order chi connectivity index (χ0) is 13.2. The van der Waals surface area contributed by atoms with Crippen LogP contribution >= 0.6 is 11.3 Å². The monoisotopic (exact) mass is 257 g/mol. The third-order valence-electron chi connectivity index (χ3n) is 2.14. The second kappa shape index (κ2) is 4.70. The summed E-state index contributed by atoms with van der Waals surface area (Å²) in [5.41, 5.74) is 4.97. The molecule has 6 nitrogen and oxygen atoms in total. The van der Waals surface area contributed by atoms with Gasteiger partial charge in [-0.1, -0.05) is 20.8 Å². The second-order valence-electron chi connectivity index (χ2n) is 4.68. The summed E-state index contributed by atoms with van der Waals surface area (Å²) in [6.45, 7) is 5.21. The number of aliphatic carboxylic acids is 1. The number of carboxylic acid groups (broad SMARTS) is 1. The number of thiazole rings is 1. The van der Waals surface area contributed by atoms with E-state index in [4.69, 9.17) is 10.8 Å². The van der Waals surface area contributed by atoms with Gasteiger partial charge >= 0.3 is 5.97 Å². The van der Waals surface area contributed by atoms with Crippen LogP contribution in [0.25, 0.3) is 0 Å². The Hall–Kier alpha value is -1.63. The highest BCUT2D eigenvalue weighted by atomic mass is 32.1. The molecule has 7 heteroatoms. The van der Waals surface area contributed by atoms with E-state index in [9.17, 15) is 9.59 Å². The number of hydrogen-bond acceptors (Lipinski definition) is 5. The number of carbonyl (C=O) groups is 2. The zero-order valence-electron chi connectivity index (χ0n) is 9.85. The van der Waals surface area contributed by atoms with Gasteiger partial charge in [-0.25, -0.2) is 9.78 Å². The third kappa shape index (κ3) is 3.42. The van der Waals surface area contributed by atoms with Crippen LogP contribution in [0.2, 0.25) is 0 Å². The molecule has 0 aliphatic carbocycles. The molecule has 0 spiro atoms. The minimum atomic E-state index is -1.07. The topological polar surface area (TPSA) is 105 Å². The molecule has 0 fully saturated rings. The van der Waals surface area contributed by atoms with Crippen molar-refractivity contribution in [1.29, 1.82) is 0 Å². The summed E-state index contributed by atoms with van der Waals surface area (Å²) in [6, 6.07) is -0.974. The van der Waals surface area contributed by atoms with Gasteiger partial charge in [0.05, 0.1) is 0 Å². The summed E-state index contributed by atoms with van der Waals surface area (Å²) in [5.74, 6) is -1.60. The van der Waals surface area contributed by atoms with Gasteiger partial charge in [0.15, 0.2) is 5.13 Å². The molecule has 1 amide bonds. The van der Waals surface area contributed by atoms with E-state index in [0.29, 0.717) is 0 Å². The number of rotatable bonds is 3. The van der Waals surface area contributed by atoms with Crippen LogP contribution in [0.5, 0.6) is 0 Å². The van der Waals surface area contributed by atoms with Crippen LogP contribution < -0.4 is 11.1 Å². The van der Waals surface area contributed by atoms with Gasteiger partial charge in [-0.3, -0.25) is 4.79 Å². The van der Waals surface area contributed by atoms with Gasteiger partial charge in [-0.2, -0.15) is 0 Å². The smallest absolute Gasteiger partial charge is 0.326 e. The standard InChI is InChI=1S/C10H15N3O3S/c1-10(2,3)6(8(15)16)13-7(14)5-4-17-9(11)12-5/h4,6H,1-3H3,(H2,11,12)(H,13,14)(H,15,16)/t6-/m0/s1. The Bertz CT molecular complexity index is 436. The van der Waals surface area contributed by atoms with Crippen LogP contribution in [-0.2, 0) is 4.79 Å². The molecule has 94 valence electrons. The number of carbonyl (C=O) groups excluding carboxylic acids is 1. The van der Waals surface area contributed by atoms with Crippen molar-refractivity contribution in [3.8, 4) is 0 Å². The molecule has 0 aliphatic rings. The average molecular weight is 257 g/mol. The molecule has 0 aromatic carbocycles. The highest BCUT2D eigenvalue weighted by Crippen LogP contribution is 2.20. The van der Waals surface area contributed by atoms with E-state index in [1.54, 1.807) is 20.8 Å². The number of nitrogens with two attached hydrogens (primary N) is 1. The van der Waals surface area contributed by atoms with Gasteiger partial charge in [0.2, 0.25) is 0 Å². The normalized spacial score (nSPS) is 13.1. The summed E-state index contributed by atoms with van der Waals surface area (Å²) in [6.07, 6.45) is 0. The van der Waals surface area contributed by atoms with Gasteiger partial charge in [0.1, 0.15) is 11.7 Å². The van der Waals surface area contributed by atoms with Gasteiger partial charge in [-0.15, -0.1) is 11.3 Å². The molecule has 0 radical (unpaired) electrons. The molecule has 0 saturated carbocycles. The predicted molar refractivity (Wildman–Crippen MR) is 64.9 cm³/mol. The Morgan fingerprint density at radius 3 is 2.47 bits per heavy atom. The van der Waals surface area contributed by atoms with Crippen LogP contribution in [0.1, 0.15) is 31.3 Å². The summed E-state index contributed by atoms with van der Waals surface area (Å²) in [7, 11) is 0. The fourth-order valence-corrected chi connectivity index (χ4v) is 1.79. The minimum absolute atomic E-state index is 0.142. The first kappa shape index (κ1) is 13.4. The third-order valence-corrected chi connectivity index (χ3v) is 2.82. The van der Waals surface area contributed by atoms with Crippen molar-refractivity contribution >= 4 is 28.3 Å². The molecule has 17 heavy (non-hydrogen) atoms. The van der Waals surface area contributed by atoms with Crippen molar-refractivity contribution in [2.24, 2.45) is 5.41 Å². The Labute approximate surface area is 103 Å². The SMILES string of the molecule is CC(C)(C)[C@@H](NC(=O)c1csc(N)n1)C(=O)O. The van der Waals surface area contributed by atoms with Crippen molar-refractivity contribution in [2.45, 2.75) is 26.8 Å². The van der Waals surface area contributed by atoms with Crippen molar-refractivity contribution in [2.75, 3.05) is 5.73 Å². The van der Waals surface area contributed by atoms with E-state index in [0.717, 1.165) is 11.3 Å². The number of nitrogens with one attached hydrogen (secondary N) is 1. The summed E-state index contributed by atoms with van der Waals surface area (Å²) >= 11 is 1.13. The lowest BCUT2D eigenvalue weighted by Crippen LogP contribution is -2.49. The van der Waals surface area contributed by atoms with Gasteiger partial charge in [0.25, 0.3) is 5.91 Å². The number of aromatic nitrogens is 1. The quantitative estimate of drug-likeness (QED) is 0.747. The first-order valence-electron chi connectivity index (χ1n) is 4.96. The molecule has 0 unspecified atom stereocenters. The maximum Gasteiger partial charge on any atom is 0.326 e. The number of carboxylic acids is 1. The molecular weight excluding hydrogens is 242 g/mol. The molecular formula is C10H15N3O3S. The van der Waals surface area contributed by atoms with E-state index in [1.807, 2.05) is 0 Å². The minimum Gasteiger partial charge on any atom is -0.480 e. The van der Waals surface area contributed by atoms with Crippen LogP contribution in [0.15, 0.2) is 5.38 Å². The molecule has 4 N–H and O–H groups in total. The highest BCUT2D eigenvalue weighted by molar-refractivity contribution is 7.13. The molecule has 1 aromatic heterocycles. The number of amides is 1. The Balaban J connectivity index is 2.82. The Kier molecular flexibility index (Phi) is 3.72. The van der Waals surface area contributed by atoms with Crippen molar-refractivity contribution < 1.29 is 14.7 Å². The van der Waals surface area contributed by atoms with E-state index >= 15 is 0 Å². The largest absolute Gasteiger partial charge is 0.480 e. The highest BCUT2D eigenvalue weighted by Gasteiger charge is 2.33. The second-order valence-corrected chi connectivity index (χ2v) is 5.57. The van der Waals surface area contributed by atoms with Crippen LogP contribution in [0.3, 0.4) is 0 Å². The van der Waals surface area contributed by atoms with Crippen LogP contribution in [-0.4, -0.2) is 28.0 Å². The Morgan fingerprint density at radius 2 is 2.12 bits per heavy atom. The number of anilines is 1. The van der Waals surface area contributed by atoms with Crippen molar-refractivity contribution in [3.63, 3.8) is 0 Å². The fourth-order valence-electron chi connectivity index (χ4n) is 1.25. The van der Waals surface area contributed by atoms with Crippen LogP contribution in [0, 0.1) is 5.41 Å². The maximum absolute atomic E-state index is 11.7. The number of nitrogen functional groups attached to an aromatic ring is 1. The van der Waals surface area contributed by atoms with Crippen molar-refractivity contribution in [1.82, 2.24) is 10.3 Å². The first-order chi connectivity index (χ1) is 7.71. The molecule has 1 atom stereocenters. The average Bonchev–Trinajstić information content (AvgIpc) is 2.58. The zero-order valence-corrected chi connectivity index (χ0v) is 10.7. The van der Waals surface area contributed by atoms with Crippen molar-refractivity contribution in [3.05, 3.63) is 11.1 Å². The molecule has 0 saturated heterocycles. The van der Waals surface area contributed by atoms with E-state index < -0.39 is 23.3 Å². The lowest BCUT2D eigenvalue weighted by molar-refractivity contribution is -0.142. The lowest BCUT2D eigenvalue weighted by Gasteiger charge is -2.27. The van der Waals surface area contributed by atoms with E-state index in [2.05, 4.69) is 10.3 Å². The summed E-state index contributed by atoms with van der Waals surface area (Å²) in [4.78, 5) is 26.6. The number of hydrogen-bond donors (Lipinski definition) is 3. The van der Waals surface area contributed by atoms with E-state index in [1.165, 1.54) is 5.38 Å². The summed E-state index contributed by atoms with van der Waals surface area (Å²) < 4.78 is 0. The van der Waals surface area contributed by atoms with E-state index in [-0.39, 0.29) is 10.8 Å². The van der Waals surface area contributed by atoms with Crippen LogP contribution in [0.4, 0.5) is 5.13 Å². The molecule has 1 aromatic rings. The van der Waals surface area contributed by atoms with Gasteiger partial charge in [0, 0.05) is 5.38 Å². The maximum atomic E-state index is 11.7. The fraction of sp³-hybridized carbons (Fsp3) is 0.500. The molecule has 1 heterocycles. The molecule has 1 rings (SSSR count). The van der Waals surface area contributed by atoms with Gasteiger partial charge in [-0.05, 0) is 5.41 Å². The molecule has 0 bridgehead atoms. The predicted octanol–water partition coefficient (Wildman–Crippen LogP) is 0.954. The Morgan fingerprint density at radius 1 is 1.53 bits per heavy atom. The summed E-state index contributed by atoms with van der Waals surface area (Å²) in [5, 5.41) is 13.3. The molecule has 0 aliphatic heterocycles. The number of nitrogens with zero attached hydrogens (tertiary/aromatic N) is 1.